The van der Waals surface area contributed by atoms with Crippen molar-refractivity contribution in [2.75, 3.05) is 13.7 Å². The minimum atomic E-state index is -0.637. The summed E-state index contributed by atoms with van der Waals surface area (Å²) < 4.78 is 12.2. The number of rotatable bonds is 3. The van der Waals surface area contributed by atoms with Crippen LogP contribution in [0.15, 0.2) is 0 Å². The molecule has 0 amide bonds. The molecule has 0 heterocycles. The molecular formula is C13H29InO. The Morgan fingerprint density at radius 1 is 1.07 bits per heavy atom. The molecule has 0 aromatic carbocycles. The molecule has 0 aromatic rings. The summed E-state index contributed by atoms with van der Waals surface area (Å²) in [5.74, 6) is 2.83. The summed E-state index contributed by atoms with van der Waals surface area (Å²) in [4.78, 5) is 0. The Morgan fingerprint density at radius 3 is 1.80 bits per heavy atom. The van der Waals surface area contributed by atoms with Crippen LogP contribution in [0.1, 0.15) is 33.1 Å². The first-order valence-corrected chi connectivity index (χ1v) is 16.3. The summed E-state index contributed by atoms with van der Waals surface area (Å²) in [7, 11) is 1.79. The van der Waals surface area contributed by atoms with E-state index >= 15 is 0 Å². The van der Waals surface area contributed by atoms with Gasteiger partial charge in [0.1, 0.15) is 0 Å². The SMILES string of the molecule is COCCC1CC(C)C(C)C1.[CH3][In]([CH3])[CH3]. The molecule has 1 fully saturated rings. The third-order valence-corrected chi connectivity index (χ3v) is 3.11. The van der Waals surface area contributed by atoms with E-state index in [4.69, 9.17) is 4.74 Å². The Hall–Kier alpha value is 0.830. The molecule has 2 unspecified atom stereocenters. The van der Waals surface area contributed by atoms with Crippen molar-refractivity contribution in [2.24, 2.45) is 17.8 Å². The Labute approximate surface area is 105 Å². The van der Waals surface area contributed by atoms with E-state index in [-0.39, 0.29) is 0 Å². The fourth-order valence-corrected chi connectivity index (χ4v) is 2.13. The van der Waals surface area contributed by atoms with Crippen LogP contribution in [0.4, 0.5) is 0 Å². The molecule has 1 saturated carbocycles. The van der Waals surface area contributed by atoms with Crippen LogP contribution in [0.5, 0.6) is 0 Å². The minimum absolute atomic E-state index is 0.637. The van der Waals surface area contributed by atoms with Crippen molar-refractivity contribution in [1.82, 2.24) is 0 Å². The fourth-order valence-electron chi connectivity index (χ4n) is 2.13. The zero-order valence-electron chi connectivity index (χ0n) is 11.5. The van der Waals surface area contributed by atoms with E-state index in [1.54, 1.807) is 7.11 Å². The van der Waals surface area contributed by atoms with Gasteiger partial charge < -0.3 is 4.74 Å². The van der Waals surface area contributed by atoms with Gasteiger partial charge in [-0.1, -0.05) is 13.8 Å². The molecule has 1 aliphatic carbocycles. The van der Waals surface area contributed by atoms with Crippen molar-refractivity contribution in [1.29, 1.82) is 0 Å². The first kappa shape index (κ1) is 15.8. The molecule has 1 aliphatic rings. The molecule has 0 saturated heterocycles. The van der Waals surface area contributed by atoms with E-state index in [9.17, 15) is 0 Å². The quantitative estimate of drug-likeness (QED) is 0.762. The topological polar surface area (TPSA) is 9.23 Å². The Bertz CT molecular complexity index is 135. The molecule has 0 N–H and O–H groups in total. The number of methoxy groups -OCH3 is 1. The normalized spacial score (nSPS) is 29.6. The van der Waals surface area contributed by atoms with Crippen LogP contribution in [0, 0.1) is 17.8 Å². The van der Waals surface area contributed by atoms with Gasteiger partial charge in [-0.15, -0.1) is 0 Å². The van der Waals surface area contributed by atoms with Gasteiger partial charge in [0.2, 0.25) is 0 Å². The third-order valence-electron chi connectivity index (χ3n) is 3.11. The Balaban J connectivity index is 0.000000423. The Kier molecular flexibility index (Phi) is 9.42. The first-order chi connectivity index (χ1) is 6.97. The molecule has 0 radical (unpaired) electrons. The summed E-state index contributed by atoms with van der Waals surface area (Å²) >= 11 is -0.637. The van der Waals surface area contributed by atoms with E-state index < -0.39 is 21.4 Å². The Morgan fingerprint density at radius 2 is 1.47 bits per heavy atom. The van der Waals surface area contributed by atoms with Crippen molar-refractivity contribution in [3.05, 3.63) is 0 Å². The molecular weight excluding hydrogens is 287 g/mol. The first-order valence-electron chi connectivity index (χ1n) is 6.46. The molecule has 2 heteroatoms. The molecule has 1 rings (SSSR count). The second-order valence-electron chi connectivity index (χ2n) is 5.81. The average Bonchev–Trinajstić information content (AvgIpc) is 2.42. The van der Waals surface area contributed by atoms with Gasteiger partial charge in [0.05, 0.1) is 0 Å². The second-order valence-corrected chi connectivity index (χ2v) is 15.7. The number of hydrogen-bond acceptors (Lipinski definition) is 1. The van der Waals surface area contributed by atoms with Gasteiger partial charge in [0, 0.05) is 13.7 Å². The maximum absolute atomic E-state index is 5.07. The number of hydrogen-bond donors (Lipinski definition) is 0. The van der Waals surface area contributed by atoms with Gasteiger partial charge in [0.25, 0.3) is 0 Å². The molecule has 15 heavy (non-hydrogen) atoms. The van der Waals surface area contributed by atoms with Gasteiger partial charge in [-0.25, -0.2) is 0 Å². The summed E-state index contributed by atoms with van der Waals surface area (Å²) in [5.41, 5.74) is 0. The molecule has 0 aromatic heterocycles. The standard InChI is InChI=1S/C10H20O.3CH3.In/c1-8-6-10(4-5-11-3)7-9(8)2;;;;/h8-10H,4-7H2,1-3H3;3*1H3;. The van der Waals surface area contributed by atoms with Gasteiger partial charge in [0.15, 0.2) is 0 Å². The van der Waals surface area contributed by atoms with Gasteiger partial charge in [-0.2, -0.15) is 0 Å². The van der Waals surface area contributed by atoms with Gasteiger partial charge >= 0.3 is 35.5 Å². The van der Waals surface area contributed by atoms with E-state index in [1.807, 2.05) is 0 Å². The van der Waals surface area contributed by atoms with E-state index in [1.165, 1.54) is 19.3 Å². The predicted octanol–water partition coefficient (Wildman–Crippen LogP) is 4.08. The van der Waals surface area contributed by atoms with Crippen molar-refractivity contribution in [3.63, 3.8) is 0 Å². The summed E-state index contributed by atoms with van der Waals surface area (Å²) in [6.45, 7) is 5.69. The molecule has 0 aliphatic heterocycles. The second kappa shape index (κ2) is 8.92. The maximum atomic E-state index is 5.07. The summed E-state index contributed by atoms with van der Waals surface area (Å²) in [6, 6.07) is 0. The molecule has 0 spiro atoms. The van der Waals surface area contributed by atoms with Crippen LogP contribution >= 0.6 is 0 Å². The summed E-state index contributed by atoms with van der Waals surface area (Å²) in [5, 5.41) is 0. The van der Waals surface area contributed by atoms with E-state index in [0.29, 0.717) is 0 Å². The van der Waals surface area contributed by atoms with Crippen molar-refractivity contribution < 1.29 is 4.74 Å². The average molecular weight is 316 g/mol. The third kappa shape index (κ3) is 8.62. The van der Waals surface area contributed by atoms with Crippen molar-refractivity contribution in [2.45, 2.75) is 47.2 Å². The zero-order chi connectivity index (χ0) is 11.8. The van der Waals surface area contributed by atoms with Crippen LogP contribution in [0.3, 0.4) is 0 Å². The molecule has 1 nitrogen and oxygen atoms in total. The van der Waals surface area contributed by atoms with Gasteiger partial charge in [-0.3, -0.25) is 0 Å². The molecule has 90 valence electrons. The fraction of sp³-hybridized carbons (Fsp3) is 1.00. The molecule has 2 atom stereocenters. The van der Waals surface area contributed by atoms with Crippen molar-refractivity contribution >= 4 is 21.4 Å². The summed E-state index contributed by atoms with van der Waals surface area (Å²) in [6.07, 6.45) is 4.11. The van der Waals surface area contributed by atoms with Crippen LogP contribution in [-0.4, -0.2) is 35.2 Å². The van der Waals surface area contributed by atoms with E-state index in [0.717, 1.165) is 24.4 Å². The van der Waals surface area contributed by atoms with Crippen LogP contribution < -0.4 is 0 Å². The monoisotopic (exact) mass is 316 g/mol. The van der Waals surface area contributed by atoms with Crippen LogP contribution in [-0.2, 0) is 4.74 Å². The van der Waals surface area contributed by atoms with Crippen LogP contribution in [0.2, 0.25) is 14.0 Å². The van der Waals surface area contributed by atoms with E-state index in [2.05, 4.69) is 27.9 Å². The van der Waals surface area contributed by atoms with Gasteiger partial charge in [-0.05, 0) is 37.0 Å². The van der Waals surface area contributed by atoms with Crippen molar-refractivity contribution in [3.8, 4) is 0 Å². The van der Waals surface area contributed by atoms with Crippen LogP contribution in [0.25, 0.3) is 0 Å². The molecule has 0 bridgehead atoms. The predicted molar refractivity (Wildman–Crippen MR) is 70.9 cm³/mol. The number of ether oxygens (including phenoxy) is 1. The zero-order valence-corrected chi connectivity index (χ0v) is 14.8.